The molecule has 2 saturated heterocycles. The minimum Gasteiger partial charge on any atom is -0.375 e. The van der Waals surface area contributed by atoms with Gasteiger partial charge in [-0.1, -0.05) is 12.8 Å². The highest BCUT2D eigenvalue weighted by molar-refractivity contribution is 7.99. The van der Waals surface area contributed by atoms with Gasteiger partial charge in [-0.25, -0.2) is 0 Å². The molecular formula is C17H31NOS. The van der Waals surface area contributed by atoms with E-state index in [1.54, 1.807) is 0 Å². The monoisotopic (exact) mass is 297 g/mol. The quantitative estimate of drug-likeness (QED) is 0.851. The molecule has 20 heavy (non-hydrogen) atoms. The number of rotatable bonds is 4. The van der Waals surface area contributed by atoms with Crippen LogP contribution in [0.4, 0.5) is 0 Å². The summed E-state index contributed by atoms with van der Waals surface area (Å²) in [6.07, 6.45) is 12.3. The molecule has 3 rings (SSSR count). The van der Waals surface area contributed by atoms with Crippen molar-refractivity contribution < 1.29 is 4.74 Å². The molecule has 116 valence electrons. The minimum absolute atomic E-state index is 0.278. The number of hydrogen-bond acceptors (Lipinski definition) is 3. The zero-order valence-electron chi connectivity index (χ0n) is 13.0. The molecule has 2 heterocycles. The van der Waals surface area contributed by atoms with E-state index in [0.29, 0.717) is 0 Å². The Bertz CT molecular complexity index is 297. The standard InChI is InChI=1S/C17H31NOS/c1-18-16(12-14-5-10-20-11-6-14)15-4-9-19-17(13-15)7-2-3-8-17/h14-16,18H,2-13H2,1H3. The van der Waals surface area contributed by atoms with Gasteiger partial charge in [-0.2, -0.15) is 11.8 Å². The van der Waals surface area contributed by atoms with E-state index in [0.717, 1.165) is 24.5 Å². The van der Waals surface area contributed by atoms with Crippen molar-refractivity contribution in [2.24, 2.45) is 11.8 Å². The Labute approximate surface area is 128 Å². The van der Waals surface area contributed by atoms with Gasteiger partial charge in [0.15, 0.2) is 0 Å². The van der Waals surface area contributed by atoms with Crippen molar-refractivity contribution in [3.63, 3.8) is 0 Å². The van der Waals surface area contributed by atoms with Crippen molar-refractivity contribution in [2.45, 2.75) is 69.4 Å². The smallest absolute Gasteiger partial charge is 0.0685 e. The lowest BCUT2D eigenvalue weighted by atomic mass is 9.77. The van der Waals surface area contributed by atoms with Gasteiger partial charge < -0.3 is 10.1 Å². The maximum absolute atomic E-state index is 6.21. The highest BCUT2D eigenvalue weighted by Crippen LogP contribution is 2.43. The Morgan fingerprint density at radius 3 is 2.65 bits per heavy atom. The molecule has 3 aliphatic rings. The third kappa shape index (κ3) is 3.53. The van der Waals surface area contributed by atoms with Gasteiger partial charge in [0, 0.05) is 12.6 Å². The number of nitrogens with one attached hydrogen (secondary N) is 1. The molecular weight excluding hydrogens is 266 g/mol. The summed E-state index contributed by atoms with van der Waals surface area (Å²) >= 11 is 2.14. The predicted molar refractivity (Wildman–Crippen MR) is 87.4 cm³/mol. The highest BCUT2D eigenvalue weighted by atomic mass is 32.2. The van der Waals surface area contributed by atoms with Crippen molar-refractivity contribution in [2.75, 3.05) is 25.2 Å². The molecule has 0 amide bonds. The zero-order chi connectivity index (χ0) is 13.8. The molecule has 1 saturated carbocycles. The molecule has 1 spiro atoms. The average molecular weight is 298 g/mol. The highest BCUT2D eigenvalue weighted by Gasteiger charge is 2.42. The lowest BCUT2D eigenvalue weighted by Crippen LogP contribution is -2.45. The van der Waals surface area contributed by atoms with E-state index in [4.69, 9.17) is 4.74 Å². The minimum atomic E-state index is 0.278. The van der Waals surface area contributed by atoms with Crippen LogP contribution in [-0.2, 0) is 4.74 Å². The number of hydrogen-bond donors (Lipinski definition) is 1. The second kappa shape index (κ2) is 7.02. The Kier molecular flexibility index (Phi) is 5.33. The van der Waals surface area contributed by atoms with Gasteiger partial charge in [0.25, 0.3) is 0 Å². The first-order chi connectivity index (χ1) is 9.81. The third-order valence-corrected chi connectivity index (χ3v) is 6.96. The first kappa shape index (κ1) is 15.2. The molecule has 2 nitrogen and oxygen atoms in total. The van der Waals surface area contributed by atoms with E-state index < -0.39 is 0 Å². The lowest BCUT2D eigenvalue weighted by molar-refractivity contribution is -0.0986. The molecule has 0 aromatic rings. The summed E-state index contributed by atoms with van der Waals surface area (Å²) in [6, 6.07) is 0.726. The number of ether oxygens (including phenoxy) is 1. The first-order valence-electron chi connectivity index (χ1n) is 8.70. The summed E-state index contributed by atoms with van der Waals surface area (Å²) in [4.78, 5) is 0. The fraction of sp³-hybridized carbons (Fsp3) is 1.00. The van der Waals surface area contributed by atoms with Crippen LogP contribution in [0.2, 0.25) is 0 Å². The molecule has 2 unspecified atom stereocenters. The van der Waals surface area contributed by atoms with Gasteiger partial charge in [-0.05, 0) is 75.3 Å². The maximum atomic E-state index is 6.21. The molecule has 0 bridgehead atoms. The third-order valence-electron chi connectivity index (χ3n) is 5.91. The summed E-state index contributed by atoms with van der Waals surface area (Å²) in [5, 5.41) is 3.66. The van der Waals surface area contributed by atoms with Gasteiger partial charge in [0.1, 0.15) is 0 Å². The maximum Gasteiger partial charge on any atom is 0.0685 e. The predicted octanol–water partition coefficient (Wildman–Crippen LogP) is 3.85. The van der Waals surface area contributed by atoms with E-state index in [-0.39, 0.29) is 5.60 Å². The van der Waals surface area contributed by atoms with Crippen LogP contribution >= 0.6 is 11.8 Å². The second-order valence-electron chi connectivity index (χ2n) is 7.18. The largest absolute Gasteiger partial charge is 0.375 e. The van der Waals surface area contributed by atoms with Crippen molar-refractivity contribution >= 4 is 11.8 Å². The van der Waals surface area contributed by atoms with Crippen molar-refractivity contribution in [3.05, 3.63) is 0 Å². The number of thioether (sulfide) groups is 1. The molecule has 2 atom stereocenters. The van der Waals surface area contributed by atoms with E-state index in [1.165, 1.54) is 69.3 Å². The molecule has 2 aliphatic heterocycles. The van der Waals surface area contributed by atoms with E-state index >= 15 is 0 Å². The summed E-state index contributed by atoms with van der Waals surface area (Å²) < 4.78 is 6.21. The van der Waals surface area contributed by atoms with Gasteiger partial charge in [-0.15, -0.1) is 0 Å². The van der Waals surface area contributed by atoms with Crippen molar-refractivity contribution in [3.8, 4) is 0 Å². The Morgan fingerprint density at radius 1 is 1.20 bits per heavy atom. The lowest BCUT2D eigenvalue weighted by Gasteiger charge is -2.42. The molecule has 3 heteroatoms. The van der Waals surface area contributed by atoms with Crippen LogP contribution in [0.5, 0.6) is 0 Å². The van der Waals surface area contributed by atoms with Crippen molar-refractivity contribution in [1.82, 2.24) is 5.32 Å². The van der Waals surface area contributed by atoms with Crippen LogP contribution in [0, 0.1) is 11.8 Å². The van der Waals surface area contributed by atoms with Crippen molar-refractivity contribution in [1.29, 1.82) is 0 Å². The molecule has 1 aliphatic carbocycles. The topological polar surface area (TPSA) is 21.3 Å². The van der Waals surface area contributed by atoms with Crippen LogP contribution in [-0.4, -0.2) is 36.8 Å². The Morgan fingerprint density at radius 2 is 1.95 bits per heavy atom. The van der Waals surface area contributed by atoms with Crippen LogP contribution in [0.1, 0.15) is 57.8 Å². The van der Waals surface area contributed by atoms with Gasteiger partial charge in [0.05, 0.1) is 5.60 Å². The Hall–Kier alpha value is 0.270. The molecule has 1 N–H and O–H groups in total. The van der Waals surface area contributed by atoms with Gasteiger partial charge in [-0.3, -0.25) is 0 Å². The summed E-state index contributed by atoms with van der Waals surface area (Å²) in [6.45, 7) is 1.00. The molecule has 0 aromatic carbocycles. The SMILES string of the molecule is CNC(CC1CCSCC1)C1CCOC2(CCCC2)C1. The molecule has 3 fully saturated rings. The first-order valence-corrected chi connectivity index (χ1v) is 9.86. The molecule has 0 radical (unpaired) electrons. The van der Waals surface area contributed by atoms with Crippen LogP contribution in [0.15, 0.2) is 0 Å². The van der Waals surface area contributed by atoms with Crippen LogP contribution in [0.25, 0.3) is 0 Å². The Balaban J connectivity index is 1.57. The second-order valence-corrected chi connectivity index (χ2v) is 8.40. The van der Waals surface area contributed by atoms with E-state index in [1.807, 2.05) is 0 Å². The summed E-state index contributed by atoms with van der Waals surface area (Å²) in [5.74, 6) is 4.59. The average Bonchev–Trinajstić information content (AvgIpc) is 2.93. The summed E-state index contributed by atoms with van der Waals surface area (Å²) in [5.41, 5.74) is 0.278. The van der Waals surface area contributed by atoms with Crippen LogP contribution < -0.4 is 5.32 Å². The zero-order valence-corrected chi connectivity index (χ0v) is 13.9. The van der Waals surface area contributed by atoms with E-state index in [2.05, 4.69) is 24.1 Å². The fourth-order valence-electron chi connectivity index (χ4n) is 4.66. The molecule has 0 aromatic heterocycles. The van der Waals surface area contributed by atoms with E-state index in [9.17, 15) is 0 Å². The normalized spacial score (nSPS) is 32.5. The van der Waals surface area contributed by atoms with Crippen LogP contribution in [0.3, 0.4) is 0 Å². The van der Waals surface area contributed by atoms with Gasteiger partial charge >= 0.3 is 0 Å². The summed E-state index contributed by atoms with van der Waals surface area (Å²) in [7, 11) is 2.18. The fourth-order valence-corrected chi connectivity index (χ4v) is 5.87. The van der Waals surface area contributed by atoms with Gasteiger partial charge in [0.2, 0.25) is 0 Å².